The third-order valence-corrected chi connectivity index (χ3v) is 6.20. The molecule has 0 saturated heterocycles. The van der Waals surface area contributed by atoms with E-state index in [1.54, 1.807) is 24.3 Å². The van der Waals surface area contributed by atoms with E-state index in [0.29, 0.717) is 11.1 Å². The highest BCUT2D eigenvalue weighted by molar-refractivity contribution is 5.90. The van der Waals surface area contributed by atoms with Crippen LogP contribution in [-0.2, 0) is 6.42 Å². The monoisotopic (exact) mass is 460 g/mol. The van der Waals surface area contributed by atoms with Gasteiger partial charge in [0.2, 0.25) is 0 Å². The van der Waals surface area contributed by atoms with E-state index in [0.717, 1.165) is 30.4 Å². The molecule has 0 bridgehead atoms. The van der Waals surface area contributed by atoms with Crippen LogP contribution in [0.25, 0.3) is 0 Å². The average molecular weight is 461 g/mol. The number of benzene rings is 3. The predicted molar refractivity (Wildman–Crippen MR) is 138 cm³/mol. The van der Waals surface area contributed by atoms with Gasteiger partial charge in [-0.3, -0.25) is 0 Å². The summed E-state index contributed by atoms with van der Waals surface area (Å²) in [7, 11) is 0. The Balaban J connectivity index is 0.000000379. The average Bonchev–Trinajstić information content (AvgIpc) is 2.86. The molecule has 180 valence electrons. The highest BCUT2D eigenvalue weighted by Crippen LogP contribution is 2.36. The van der Waals surface area contributed by atoms with Crippen LogP contribution in [0.3, 0.4) is 0 Å². The topological polar surface area (TPSA) is 74.6 Å². The largest absolute Gasteiger partial charge is 0.478 e. The van der Waals surface area contributed by atoms with Crippen LogP contribution >= 0.6 is 0 Å². The molecule has 3 rings (SSSR count). The van der Waals surface area contributed by atoms with Crippen LogP contribution in [0.2, 0.25) is 0 Å². The first-order valence-electron chi connectivity index (χ1n) is 12.1. The molecule has 0 aliphatic carbocycles. The summed E-state index contributed by atoms with van der Waals surface area (Å²) >= 11 is 0. The van der Waals surface area contributed by atoms with Crippen LogP contribution in [0.4, 0.5) is 0 Å². The molecule has 0 radical (unpaired) electrons. The normalized spacial score (nSPS) is 12.2. The van der Waals surface area contributed by atoms with Crippen molar-refractivity contribution in [1.29, 1.82) is 0 Å². The van der Waals surface area contributed by atoms with Gasteiger partial charge in [-0.1, -0.05) is 93.9 Å². The lowest BCUT2D eigenvalue weighted by molar-refractivity contribution is 0.0685. The summed E-state index contributed by atoms with van der Waals surface area (Å²) in [5.41, 5.74) is 3.75. The van der Waals surface area contributed by atoms with Gasteiger partial charge in [0.05, 0.1) is 11.1 Å². The highest BCUT2D eigenvalue weighted by Gasteiger charge is 2.24. The van der Waals surface area contributed by atoms with Crippen molar-refractivity contribution in [3.05, 3.63) is 107 Å². The third-order valence-electron chi connectivity index (χ3n) is 6.20. The van der Waals surface area contributed by atoms with Gasteiger partial charge in [-0.25, -0.2) is 9.59 Å². The molecule has 4 heteroatoms. The van der Waals surface area contributed by atoms with E-state index in [9.17, 15) is 19.8 Å². The van der Waals surface area contributed by atoms with Crippen LogP contribution in [0.1, 0.15) is 95.7 Å². The second kappa shape index (κ2) is 14.0. The second-order valence-corrected chi connectivity index (χ2v) is 8.47. The first-order valence-corrected chi connectivity index (χ1v) is 12.1. The van der Waals surface area contributed by atoms with Crippen molar-refractivity contribution in [2.24, 2.45) is 0 Å². The molecule has 0 heterocycles. The van der Waals surface area contributed by atoms with Gasteiger partial charge in [0.1, 0.15) is 0 Å². The molecule has 0 saturated carbocycles. The van der Waals surface area contributed by atoms with Crippen LogP contribution < -0.4 is 0 Å². The van der Waals surface area contributed by atoms with E-state index in [4.69, 9.17) is 0 Å². The summed E-state index contributed by atoms with van der Waals surface area (Å²) in [6.07, 6.45) is 4.78. The predicted octanol–water partition coefficient (Wildman–Crippen LogP) is 7.80. The third kappa shape index (κ3) is 7.58. The molecule has 2 atom stereocenters. The van der Waals surface area contributed by atoms with Gasteiger partial charge in [-0.05, 0) is 66.3 Å². The Morgan fingerprint density at radius 1 is 0.647 bits per heavy atom. The van der Waals surface area contributed by atoms with Crippen LogP contribution in [0.5, 0.6) is 0 Å². The van der Waals surface area contributed by atoms with E-state index in [2.05, 4.69) is 37.3 Å². The van der Waals surface area contributed by atoms with Gasteiger partial charge in [0, 0.05) is 0 Å². The zero-order valence-electron chi connectivity index (χ0n) is 20.4. The maximum atomic E-state index is 11.5. The Kier molecular flexibility index (Phi) is 11.0. The minimum absolute atomic E-state index is 0.0686. The molecule has 0 aliphatic rings. The van der Waals surface area contributed by atoms with Crippen molar-refractivity contribution < 1.29 is 19.8 Å². The molecular formula is C30H36O4. The quantitative estimate of drug-likeness (QED) is 0.324. The van der Waals surface area contributed by atoms with Crippen molar-refractivity contribution in [2.75, 3.05) is 0 Å². The number of hydrogen-bond acceptors (Lipinski definition) is 2. The van der Waals surface area contributed by atoms with Crippen molar-refractivity contribution >= 4 is 11.9 Å². The Labute approximate surface area is 203 Å². The van der Waals surface area contributed by atoms with Gasteiger partial charge < -0.3 is 10.2 Å². The molecule has 2 N–H and O–H groups in total. The Morgan fingerprint density at radius 2 is 1.06 bits per heavy atom. The van der Waals surface area contributed by atoms with Crippen LogP contribution in [-0.4, -0.2) is 22.2 Å². The molecule has 3 aromatic rings. The molecule has 4 nitrogen and oxygen atoms in total. The van der Waals surface area contributed by atoms with Crippen molar-refractivity contribution in [3.63, 3.8) is 0 Å². The molecular weight excluding hydrogens is 424 g/mol. The Morgan fingerprint density at radius 3 is 1.44 bits per heavy atom. The SMILES string of the molecule is CCC(CC(CC)c1ccccc1C(=O)O)c1ccccc1C(=O)O.CCCc1ccccc1. The summed E-state index contributed by atoms with van der Waals surface area (Å²) in [6, 6.07) is 24.8. The fourth-order valence-corrected chi connectivity index (χ4v) is 4.40. The van der Waals surface area contributed by atoms with Crippen LogP contribution in [0.15, 0.2) is 78.9 Å². The van der Waals surface area contributed by atoms with E-state index in [1.165, 1.54) is 18.4 Å². The summed E-state index contributed by atoms with van der Waals surface area (Å²) in [5.74, 6) is -1.71. The number of carboxylic acid groups (broad SMARTS) is 2. The van der Waals surface area contributed by atoms with Crippen molar-refractivity contribution in [2.45, 2.75) is 64.7 Å². The van der Waals surface area contributed by atoms with Gasteiger partial charge in [-0.2, -0.15) is 0 Å². The van der Waals surface area contributed by atoms with E-state index < -0.39 is 11.9 Å². The van der Waals surface area contributed by atoms with E-state index >= 15 is 0 Å². The van der Waals surface area contributed by atoms with E-state index in [1.807, 2.05) is 38.1 Å². The van der Waals surface area contributed by atoms with E-state index in [-0.39, 0.29) is 11.8 Å². The summed E-state index contributed by atoms with van der Waals surface area (Å²) in [6.45, 7) is 6.28. The molecule has 3 aromatic carbocycles. The number of rotatable bonds is 10. The molecule has 0 aliphatic heterocycles. The van der Waals surface area contributed by atoms with Gasteiger partial charge in [0.15, 0.2) is 0 Å². The molecule has 0 amide bonds. The summed E-state index contributed by atoms with van der Waals surface area (Å²) < 4.78 is 0. The van der Waals surface area contributed by atoms with Crippen LogP contribution in [0, 0.1) is 0 Å². The highest BCUT2D eigenvalue weighted by atomic mass is 16.4. The number of carbonyl (C=O) groups is 2. The smallest absolute Gasteiger partial charge is 0.335 e. The minimum Gasteiger partial charge on any atom is -0.478 e. The zero-order valence-corrected chi connectivity index (χ0v) is 20.4. The number of aryl methyl sites for hydroxylation is 1. The van der Waals surface area contributed by atoms with Gasteiger partial charge >= 0.3 is 11.9 Å². The number of aromatic carboxylic acids is 2. The molecule has 0 spiro atoms. The lowest BCUT2D eigenvalue weighted by Gasteiger charge is -2.24. The van der Waals surface area contributed by atoms with Gasteiger partial charge in [0.25, 0.3) is 0 Å². The fraction of sp³-hybridized carbons (Fsp3) is 0.333. The fourth-order valence-electron chi connectivity index (χ4n) is 4.40. The Hall–Kier alpha value is -3.40. The second-order valence-electron chi connectivity index (χ2n) is 8.47. The lowest BCUT2D eigenvalue weighted by Crippen LogP contribution is -2.13. The minimum atomic E-state index is -0.923. The van der Waals surface area contributed by atoms with Crippen molar-refractivity contribution in [1.82, 2.24) is 0 Å². The molecule has 0 aromatic heterocycles. The number of carboxylic acids is 2. The van der Waals surface area contributed by atoms with Gasteiger partial charge in [-0.15, -0.1) is 0 Å². The lowest BCUT2D eigenvalue weighted by atomic mass is 9.80. The zero-order chi connectivity index (χ0) is 24.9. The Bertz CT molecular complexity index is 979. The standard InChI is InChI=1S/C21H24O4.C9H12/c1-3-14(16-9-5-7-11-18(16)20(22)23)13-15(4-2)17-10-6-8-12-19(17)21(24)25;1-2-6-9-7-4-3-5-8-9/h5-12,14-15H,3-4,13H2,1-2H3,(H,22,23)(H,24,25);3-5,7-8H,2,6H2,1H3. The molecule has 34 heavy (non-hydrogen) atoms. The molecule has 2 unspecified atom stereocenters. The summed E-state index contributed by atoms with van der Waals surface area (Å²) in [5, 5.41) is 18.9. The summed E-state index contributed by atoms with van der Waals surface area (Å²) in [4.78, 5) is 23.1. The van der Waals surface area contributed by atoms with Crippen molar-refractivity contribution in [3.8, 4) is 0 Å². The molecule has 0 fully saturated rings. The first kappa shape index (κ1) is 26.8. The maximum absolute atomic E-state index is 11.5. The maximum Gasteiger partial charge on any atom is 0.335 e. The number of hydrogen-bond donors (Lipinski definition) is 2. The first-order chi connectivity index (χ1) is 16.4.